The van der Waals surface area contributed by atoms with Crippen LogP contribution in [0.3, 0.4) is 0 Å². The maximum absolute atomic E-state index is 14.0. The first kappa shape index (κ1) is 216. The van der Waals surface area contributed by atoms with Crippen LogP contribution in [0.1, 0.15) is 37.7 Å². The van der Waals surface area contributed by atoms with Crippen molar-refractivity contribution in [2.45, 2.75) is 27.2 Å². The van der Waals surface area contributed by atoms with Gasteiger partial charge in [0.25, 0.3) is 5.56 Å². The summed E-state index contributed by atoms with van der Waals surface area (Å²) in [7, 11) is -30.8. The van der Waals surface area contributed by atoms with Gasteiger partial charge in [0, 0.05) is 57.5 Å². The Morgan fingerprint density at radius 3 is 0.705 bits per heavy atom. The maximum atomic E-state index is 14.0. The molecule has 149 heavy (non-hydrogen) atoms. The van der Waals surface area contributed by atoms with Crippen LogP contribution in [0.25, 0.3) is 28.2 Å². The molecule has 0 spiro atoms. The van der Waals surface area contributed by atoms with E-state index in [0.29, 0.717) is 50.3 Å². The first-order chi connectivity index (χ1) is 68.7. The molecular weight excluding hydrogens is 13700 g/mol. The van der Waals surface area contributed by atoms with Crippen LogP contribution in [0.4, 0.5) is 14.6 Å². The number of rotatable bonds is 53. The van der Waals surface area contributed by atoms with Gasteiger partial charge in [-0.05, 0) is 43.3 Å². The van der Waals surface area contributed by atoms with Crippen LogP contribution < -0.4 is 11.3 Å². The van der Waals surface area contributed by atoms with Crippen LogP contribution in [-0.4, -0.2) is 49.3 Å². The number of H-pyrrole nitrogens is 2. The molecule has 0 aliphatic carbocycles. The number of esters is 1. The molecule has 3 aromatic heterocycles. The van der Waals surface area contributed by atoms with E-state index < -0.39 is 412 Å². The molecule has 0 fully saturated rings. The second kappa shape index (κ2) is 127. The molecule has 4 N–H and O–H groups in total. The molecule has 0 aliphatic rings. The van der Waals surface area contributed by atoms with E-state index in [-0.39, 0.29) is 29.1 Å². The summed E-state index contributed by atoms with van der Waals surface area (Å²) >= 11 is 183. The number of nitrogens with one attached hydrogen (secondary N) is 2. The summed E-state index contributed by atoms with van der Waals surface area (Å²) < 4.78 is 34.4. The summed E-state index contributed by atoms with van der Waals surface area (Å²) in [6.45, 7) is 5.37. The van der Waals surface area contributed by atoms with E-state index in [1.807, 2.05) is 6.92 Å². The van der Waals surface area contributed by atoms with Crippen molar-refractivity contribution < 1.29 is 32.7 Å². The van der Waals surface area contributed by atoms with Crippen molar-refractivity contribution in [1.29, 1.82) is 0 Å². The molecule has 5 aromatic rings. The van der Waals surface area contributed by atoms with Gasteiger partial charge in [0.15, 0.2) is 11.4 Å². The number of ketones is 1. The number of carbonyl (C=O) groups is 2. The van der Waals surface area contributed by atoms with E-state index in [1.165, 1.54) is 29.6 Å². The molecule has 0 unspecified atom stereocenters. The molecule has 0 saturated heterocycles. The molecule has 12 nitrogen and oxygen atoms in total. The van der Waals surface area contributed by atoms with Gasteiger partial charge >= 0.3 is 1370 Å². The number of ether oxygens (including phenoxy) is 1. The van der Waals surface area contributed by atoms with Gasteiger partial charge in [-0.25, -0.2) is 23.1 Å². The van der Waals surface area contributed by atoms with Crippen molar-refractivity contribution in [1.82, 2.24) is 24.8 Å². The Labute approximate surface area is 1560 Å². The van der Waals surface area contributed by atoms with E-state index in [2.05, 4.69) is 1040 Å². The Hall–Kier alpha value is 69.2. The normalized spacial score (nSPS) is 16.2. The number of hydrogen-bond donors (Lipinski definition) is 3. The average Bonchev–Trinajstić information content (AvgIpc) is 1.65. The van der Waals surface area contributed by atoms with Gasteiger partial charge in [-0.1, -0.05) is 44.7 Å². The monoisotopic (exact) mass is 13700 g/mol. The molecule has 0 saturated carbocycles. The summed E-state index contributed by atoms with van der Waals surface area (Å²) in [5.74, 6) is 3.80. The van der Waals surface area contributed by atoms with E-state index in [9.17, 15) is 23.2 Å². The zero-order valence-corrected chi connectivity index (χ0v) is 287. The number of Topliss-reactive ketones (excluding diaryl/α,β-unsaturated/α-hetero) is 1. The minimum absolute atomic E-state index is 0.0850. The SMILES string of the molecule is CC(=O)c1cc(=O)n2[nH]c(-c3ccc(Br)cc3F)cc2n1.CCC#CC(=O)OCC.II(I)I(I)I(I)I(I)I(I)I(I)I(I)I(I)I(I)I(I)I(I)I(I)I(I)I(I)I(I)I(I)I(I)I(I)I(I)I(I)I(I)I(I)I(I)I(I)I(I)I(I)I(I)I(I)I(I)I(I)I(I)I(I)I(I)I(I)I(I)I(I)I(I)I(I)I(I)I(I)I(I)I(I)I(I)I(I)I(I)I(I)I(I)I(I)I(I)I(I)I.Nc1cc(-c2ccc(Br)cc2F)[nH]n1.O=C=O. The topological polar surface area (TPSA) is 182 Å². The largest absolute Gasteiger partial charge is 0.382 e. The summed E-state index contributed by atoms with van der Waals surface area (Å²) in [4.78, 5) is 54.0. The van der Waals surface area contributed by atoms with Crippen molar-refractivity contribution in [3.8, 4) is 34.4 Å². The molecule has 5 rings (SSSR count). The third kappa shape index (κ3) is 85.4. The number of aromatic nitrogens is 5. The Morgan fingerprint density at radius 1 is 0.336 bits per heavy atom. The van der Waals surface area contributed by atoms with E-state index in [4.69, 9.17) is 15.3 Å². The van der Waals surface area contributed by atoms with Crippen LogP contribution >= 0.6 is 1390 Å². The van der Waals surface area contributed by atoms with Gasteiger partial charge in [-0.3, -0.25) is 19.8 Å². The second-order valence-electron chi connectivity index (χ2n) is 16.9. The van der Waals surface area contributed by atoms with Crippen LogP contribution in [0.2, 0.25) is 0 Å². The van der Waals surface area contributed by atoms with Crippen molar-refractivity contribution >= 4 is 1420 Å². The molecule has 118 heteroatoms. The van der Waals surface area contributed by atoms with Gasteiger partial charge in [-0.15, -0.1) is 0 Å². The molecule has 0 atom stereocenters. The van der Waals surface area contributed by atoms with Crippen LogP contribution in [-0.2, 0) is 19.1 Å². The molecule has 0 amide bonds. The quantitative estimate of drug-likeness (QED) is 0.0112. The fourth-order valence-electron chi connectivity index (χ4n) is 5.01. The molecule has 2 aromatic carbocycles. The van der Waals surface area contributed by atoms with Crippen molar-refractivity contribution in [3.63, 3.8) is 0 Å². The minimum Gasteiger partial charge on any atom is -0.382 e. The fraction of sp³-hybridized carbons (Fsp3) is 0.161. The summed E-state index contributed by atoms with van der Waals surface area (Å²) in [5.41, 5.74) is 7.11. The zero-order chi connectivity index (χ0) is 116. The number of hydrogen-bond acceptors (Lipinski definition) is 9. The van der Waals surface area contributed by atoms with Gasteiger partial charge < -0.3 is 10.5 Å². The predicted octanol–water partition coefficient (Wildman–Crippen LogP) is 96.1. The molecular formula is C31H26Br2F2I102N6O6. The number of aromatic amines is 2. The third-order valence-electron chi connectivity index (χ3n) is 9.49. The van der Waals surface area contributed by atoms with Crippen molar-refractivity contribution in [2.75, 3.05) is 12.3 Å². The molecule has 0 radical (unpaired) electrons. The Kier molecular flexibility index (Phi) is 184. The van der Waals surface area contributed by atoms with Crippen LogP contribution in [0, 0.1) is 23.5 Å². The number of anilines is 1. The number of nitrogens with two attached hydrogens (primary N) is 1. The Morgan fingerprint density at radius 2 is 0.537 bits per heavy atom. The predicted molar refractivity (Wildman–Crippen MR) is 1600 cm³/mol. The van der Waals surface area contributed by atoms with E-state index >= 15 is 0 Å². The van der Waals surface area contributed by atoms with Crippen LogP contribution in [0.15, 0.2) is 68.3 Å². The van der Waals surface area contributed by atoms with Gasteiger partial charge in [-0.2, -0.15) is 14.7 Å². The zero-order valence-electron chi connectivity index (χ0n) is 63.5. The molecule has 3 heterocycles. The standard InChI is InChI=1S/C14H9BrFN3O2.C9H7BrFN3.C7H10O2.CO2.I102/c1-7(20)11-6-14(21)19-13(17-11)5-12(18-19)9-3-2-8(15)4-10(9)16;10-5-1-2-6(7(11)3-5)8-4-9(12)14-13-8;1-3-5-6-7(8)9-4-2;2-1-3;1-53(2)55(5)57(7)59(9)61(11)63(13)65(15)67(17)69(19)71(21)73(23)75(25)77(27)79(29)81(31)83(33)85(35)87(37)89(39)91(41)93(43)95(45)97(47)99(49)101(51)102(52)100(50)98(48)96(46)94(44)92(42)90(40)88(38)86(36)84(34)82(32)80(30)78(28)76(26)74(24)72(22)70(20)68(18)66(16)64(14)62(12)60(10)58(8)56(6)54(3)4/h2-6,18H,1H3;1-4H,(H3,12,13,14);3-4H2,1-2H3;;. The smallest absolute Gasteiger partial charge is 0.373 e. The van der Waals surface area contributed by atoms with Crippen molar-refractivity contribution in [3.05, 3.63) is 91.2 Å². The number of benzene rings is 2. The first-order valence-electron chi connectivity index (χ1n) is 27.8. The second-order valence-corrected chi connectivity index (χ2v) is 2460. The van der Waals surface area contributed by atoms with E-state index in [1.54, 1.807) is 37.3 Å². The van der Waals surface area contributed by atoms with Gasteiger partial charge in [0.05, 0.1) is 18.0 Å². The number of halogens is 106. The van der Waals surface area contributed by atoms with Gasteiger partial charge in [0.1, 0.15) is 23.1 Å². The first-order valence-corrected chi connectivity index (χ1v) is 664. The van der Waals surface area contributed by atoms with Crippen LogP contribution in [0.5, 0.6) is 0 Å². The van der Waals surface area contributed by atoms with Crippen molar-refractivity contribution in [2.24, 2.45) is 0 Å². The third-order valence-corrected chi connectivity index (χ3v) is 8110. The number of nitrogens with zero attached hydrogens (tertiary/aromatic N) is 3. The maximum Gasteiger partial charge on any atom is 0.373 e. The fourth-order valence-corrected chi connectivity index (χ4v) is 20100. The van der Waals surface area contributed by atoms with E-state index in [0.717, 1.165) is 6.07 Å². The Bertz CT molecular complexity index is 4760. The summed E-state index contributed by atoms with van der Waals surface area (Å²) in [6.07, 6.45) is 0.943. The number of fused-ring (bicyclic) bond motifs is 1. The summed E-state index contributed by atoms with van der Waals surface area (Å²) in [6, 6.07) is 13.7. The number of nitrogen functional groups attached to an aromatic ring is 1. The molecule has 0 aliphatic heterocycles. The minimum atomic E-state index is -0.662. The number of carbonyl (C=O) groups excluding carboxylic acids is 4. The molecule has 0 bridgehead atoms. The molecule has 958 valence electrons. The van der Waals surface area contributed by atoms with Gasteiger partial charge in [0.2, 0.25) is 0 Å². The average molecular weight is 13700 g/mol. The summed E-state index contributed by atoms with van der Waals surface area (Å²) in [5, 5.41) is 9.16. The Balaban J connectivity index is 0.00000187.